The minimum absolute atomic E-state index is 0.213. The zero-order valence-corrected chi connectivity index (χ0v) is 10.9. The predicted molar refractivity (Wildman–Crippen MR) is 70.4 cm³/mol. The van der Waals surface area contributed by atoms with Crippen LogP contribution in [0.1, 0.15) is 34.6 Å². The van der Waals surface area contributed by atoms with Crippen molar-refractivity contribution in [2.24, 2.45) is 0 Å². The Morgan fingerprint density at radius 3 is 2.95 bits per heavy atom. The van der Waals surface area contributed by atoms with Gasteiger partial charge in [-0.3, -0.25) is 4.79 Å². The van der Waals surface area contributed by atoms with Gasteiger partial charge in [-0.2, -0.15) is 0 Å². The zero-order valence-electron chi connectivity index (χ0n) is 10.9. The summed E-state index contributed by atoms with van der Waals surface area (Å²) < 4.78 is 5.46. The van der Waals surface area contributed by atoms with Crippen molar-refractivity contribution in [2.45, 2.75) is 26.8 Å². The Hall–Kier alpha value is -2.37. The van der Waals surface area contributed by atoms with Crippen LogP contribution in [-0.4, -0.2) is 15.9 Å². The molecule has 6 nitrogen and oxygen atoms in total. The number of furan rings is 1. The van der Waals surface area contributed by atoms with Crippen molar-refractivity contribution in [3.8, 4) is 0 Å². The Bertz CT molecular complexity index is 592. The summed E-state index contributed by atoms with van der Waals surface area (Å²) in [6, 6.07) is 3.32. The molecule has 1 amide bonds. The van der Waals surface area contributed by atoms with Crippen LogP contribution in [0, 0.1) is 6.92 Å². The zero-order chi connectivity index (χ0) is 13.8. The standard InChI is InChI=1S/C13H16N4O2/c1-3-9-8(2)6-10(19-9)13(18)16-7-12-15-5-4-11(14)17-12/h4-6H,3,7H2,1-2H3,(H,16,18)(H2,14,15,17). The maximum absolute atomic E-state index is 11.9. The number of carbonyl (C=O) groups excluding carboxylic acids is 1. The largest absolute Gasteiger partial charge is 0.456 e. The van der Waals surface area contributed by atoms with Gasteiger partial charge in [0.05, 0.1) is 6.54 Å². The summed E-state index contributed by atoms with van der Waals surface area (Å²) in [6.07, 6.45) is 2.31. The summed E-state index contributed by atoms with van der Waals surface area (Å²) in [5, 5.41) is 2.69. The van der Waals surface area contributed by atoms with Crippen LogP contribution in [0.15, 0.2) is 22.7 Å². The molecule has 0 spiro atoms. The van der Waals surface area contributed by atoms with Gasteiger partial charge in [0.25, 0.3) is 5.91 Å². The molecule has 0 aliphatic carbocycles. The highest BCUT2D eigenvalue weighted by molar-refractivity contribution is 5.91. The summed E-state index contributed by atoms with van der Waals surface area (Å²) in [7, 11) is 0. The Morgan fingerprint density at radius 2 is 2.32 bits per heavy atom. The highest BCUT2D eigenvalue weighted by atomic mass is 16.4. The second kappa shape index (κ2) is 5.51. The maximum atomic E-state index is 11.9. The Kier molecular flexibility index (Phi) is 3.79. The lowest BCUT2D eigenvalue weighted by Crippen LogP contribution is -2.23. The normalized spacial score (nSPS) is 10.4. The summed E-state index contributed by atoms with van der Waals surface area (Å²) in [4.78, 5) is 19.9. The van der Waals surface area contributed by atoms with E-state index in [1.165, 1.54) is 0 Å². The van der Waals surface area contributed by atoms with E-state index >= 15 is 0 Å². The van der Waals surface area contributed by atoms with Gasteiger partial charge in [0.15, 0.2) is 5.76 Å². The van der Waals surface area contributed by atoms with Gasteiger partial charge in [-0.1, -0.05) is 6.92 Å². The van der Waals surface area contributed by atoms with Crippen molar-refractivity contribution in [3.05, 3.63) is 41.2 Å². The second-order valence-electron chi connectivity index (χ2n) is 4.15. The third-order valence-electron chi connectivity index (χ3n) is 2.70. The van der Waals surface area contributed by atoms with E-state index in [2.05, 4.69) is 15.3 Å². The molecule has 2 aromatic heterocycles. The number of anilines is 1. The van der Waals surface area contributed by atoms with Crippen molar-refractivity contribution < 1.29 is 9.21 Å². The fourth-order valence-corrected chi connectivity index (χ4v) is 1.73. The van der Waals surface area contributed by atoms with Gasteiger partial charge in [-0.15, -0.1) is 0 Å². The highest BCUT2D eigenvalue weighted by Crippen LogP contribution is 2.15. The quantitative estimate of drug-likeness (QED) is 0.867. The number of nitrogens with two attached hydrogens (primary N) is 1. The van der Waals surface area contributed by atoms with Gasteiger partial charge in [-0.25, -0.2) is 9.97 Å². The van der Waals surface area contributed by atoms with E-state index in [4.69, 9.17) is 10.2 Å². The molecule has 2 heterocycles. The molecular formula is C13H16N4O2. The molecule has 0 bridgehead atoms. The third kappa shape index (κ3) is 3.09. The van der Waals surface area contributed by atoms with Crippen LogP contribution >= 0.6 is 0 Å². The van der Waals surface area contributed by atoms with Crippen LogP contribution in [0.5, 0.6) is 0 Å². The van der Waals surface area contributed by atoms with Crippen molar-refractivity contribution in [2.75, 3.05) is 5.73 Å². The average Bonchev–Trinajstić information content (AvgIpc) is 2.77. The fraction of sp³-hybridized carbons (Fsp3) is 0.308. The van der Waals surface area contributed by atoms with Gasteiger partial charge in [0, 0.05) is 12.6 Å². The van der Waals surface area contributed by atoms with Crippen molar-refractivity contribution in [1.82, 2.24) is 15.3 Å². The lowest BCUT2D eigenvalue weighted by atomic mass is 10.2. The lowest BCUT2D eigenvalue weighted by molar-refractivity contribution is 0.0920. The number of hydrogen-bond acceptors (Lipinski definition) is 5. The van der Waals surface area contributed by atoms with Gasteiger partial charge in [0.2, 0.25) is 0 Å². The molecule has 0 unspecified atom stereocenters. The molecule has 2 aromatic rings. The summed E-state index contributed by atoms with van der Waals surface area (Å²) in [5.74, 6) is 1.69. The topological polar surface area (TPSA) is 94.0 Å². The van der Waals surface area contributed by atoms with Crippen LogP contribution in [0.25, 0.3) is 0 Å². The van der Waals surface area contributed by atoms with E-state index in [1.807, 2.05) is 13.8 Å². The van der Waals surface area contributed by atoms with Gasteiger partial charge in [0.1, 0.15) is 17.4 Å². The Morgan fingerprint density at radius 1 is 1.53 bits per heavy atom. The number of aryl methyl sites for hydroxylation is 2. The highest BCUT2D eigenvalue weighted by Gasteiger charge is 2.13. The SMILES string of the molecule is CCc1oc(C(=O)NCc2nccc(N)n2)cc1C. The summed E-state index contributed by atoms with van der Waals surface area (Å²) in [6.45, 7) is 4.11. The fourth-order valence-electron chi connectivity index (χ4n) is 1.73. The summed E-state index contributed by atoms with van der Waals surface area (Å²) >= 11 is 0. The predicted octanol–water partition coefficient (Wildman–Crippen LogP) is 1.45. The van der Waals surface area contributed by atoms with Crippen LogP contribution in [0.4, 0.5) is 5.82 Å². The van der Waals surface area contributed by atoms with Gasteiger partial charge >= 0.3 is 0 Å². The monoisotopic (exact) mass is 260 g/mol. The molecule has 19 heavy (non-hydrogen) atoms. The molecule has 0 aromatic carbocycles. The van der Waals surface area contributed by atoms with Crippen molar-refractivity contribution in [1.29, 1.82) is 0 Å². The lowest BCUT2D eigenvalue weighted by Gasteiger charge is -2.02. The molecule has 0 radical (unpaired) electrons. The molecule has 0 aliphatic rings. The molecular weight excluding hydrogens is 244 g/mol. The molecule has 100 valence electrons. The average molecular weight is 260 g/mol. The third-order valence-corrected chi connectivity index (χ3v) is 2.70. The second-order valence-corrected chi connectivity index (χ2v) is 4.15. The first-order valence-electron chi connectivity index (χ1n) is 6.05. The molecule has 0 saturated carbocycles. The van der Waals surface area contributed by atoms with Crippen LogP contribution < -0.4 is 11.1 Å². The summed E-state index contributed by atoms with van der Waals surface area (Å²) in [5.41, 5.74) is 6.51. The molecule has 6 heteroatoms. The Labute approximate surface area is 111 Å². The molecule has 0 atom stereocenters. The smallest absolute Gasteiger partial charge is 0.287 e. The number of carbonyl (C=O) groups is 1. The van der Waals surface area contributed by atoms with Crippen LogP contribution in [-0.2, 0) is 13.0 Å². The van der Waals surface area contributed by atoms with Gasteiger partial charge in [-0.05, 0) is 24.6 Å². The number of nitrogen functional groups attached to an aromatic ring is 1. The number of nitrogens with zero attached hydrogens (tertiary/aromatic N) is 2. The maximum Gasteiger partial charge on any atom is 0.287 e. The van der Waals surface area contributed by atoms with E-state index in [0.717, 1.165) is 17.7 Å². The number of rotatable bonds is 4. The Balaban J connectivity index is 2.01. The number of amides is 1. The molecule has 0 fully saturated rings. The van der Waals surface area contributed by atoms with Crippen molar-refractivity contribution >= 4 is 11.7 Å². The number of aromatic nitrogens is 2. The number of hydrogen-bond donors (Lipinski definition) is 2. The first-order valence-corrected chi connectivity index (χ1v) is 6.05. The number of nitrogens with one attached hydrogen (secondary N) is 1. The van der Waals surface area contributed by atoms with Crippen LogP contribution in [0.3, 0.4) is 0 Å². The molecule has 3 N–H and O–H groups in total. The van der Waals surface area contributed by atoms with Crippen molar-refractivity contribution in [3.63, 3.8) is 0 Å². The van der Waals surface area contributed by atoms with Crippen LogP contribution in [0.2, 0.25) is 0 Å². The van der Waals surface area contributed by atoms with E-state index < -0.39 is 0 Å². The molecule has 2 rings (SSSR count). The first-order chi connectivity index (χ1) is 9.10. The van der Waals surface area contributed by atoms with Gasteiger partial charge < -0.3 is 15.5 Å². The van der Waals surface area contributed by atoms with E-state index in [0.29, 0.717) is 17.4 Å². The van der Waals surface area contributed by atoms with E-state index in [9.17, 15) is 4.79 Å². The minimum atomic E-state index is -0.283. The molecule has 0 aliphatic heterocycles. The van der Waals surface area contributed by atoms with E-state index in [-0.39, 0.29) is 12.5 Å². The van der Waals surface area contributed by atoms with E-state index in [1.54, 1.807) is 18.3 Å². The minimum Gasteiger partial charge on any atom is -0.456 e. The molecule has 0 saturated heterocycles. The first kappa shape index (κ1) is 13.1.